The van der Waals surface area contributed by atoms with Crippen LogP contribution in [0.1, 0.15) is 19.8 Å². The molecule has 1 aliphatic carbocycles. The van der Waals surface area contributed by atoms with Gasteiger partial charge in [0, 0.05) is 19.3 Å². The van der Waals surface area contributed by atoms with Crippen LogP contribution in [-0.4, -0.2) is 37.2 Å². The zero-order valence-electron chi connectivity index (χ0n) is 11.4. The number of hydrogen-bond acceptors (Lipinski definition) is 3. The summed E-state index contributed by atoms with van der Waals surface area (Å²) in [7, 11) is 0. The zero-order chi connectivity index (χ0) is 13.3. The van der Waals surface area contributed by atoms with Crippen LogP contribution in [0.4, 0.5) is 0 Å². The van der Waals surface area contributed by atoms with Gasteiger partial charge in [-0.15, -0.1) is 0 Å². The minimum Gasteiger partial charge on any atom is -0.490 e. The average molecular weight is 262 g/mol. The van der Waals surface area contributed by atoms with Crippen molar-refractivity contribution >= 4 is 5.96 Å². The fourth-order valence-corrected chi connectivity index (χ4v) is 1.63. The number of guanidine groups is 1. The first-order chi connectivity index (χ1) is 9.38. The highest BCUT2D eigenvalue weighted by Crippen LogP contribution is 2.28. The summed E-state index contributed by atoms with van der Waals surface area (Å²) in [5, 5.41) is 6.50. The lowest BCUT2D eigenvalue weighted by atomic mass is 10.4. The molecule has 0 bridgehead atoms. The molecular weight excluding hydrogens is 240 g/mol. The highest BCUT2D eigenvalue weighted by Gasteiger charge is 2.20. The third-order valence-corrected chi connectivity index (χ3v) is 2.85. The number of rotatable bonds is 7. The molecule has 0 spiro atoms. The highest BCUT2D eigenvalue weighted by atomic mass is 16.5. The Morgan fingerprint density at radius 1 is 1.47 bits per heavy atom. The van der Waals surface area contributed by atoms with Crippen LogP contribution in [0.25, 0.3) is 0 Å². The monoisotopic (exact) mass is 262 g/mol. The maximum absolute atomic E-state index is 5.56. The lowest BCUT2D eigenvalue weighted by Gasteiger charge is -2.11. The summed E-state index contributed by atoms with van der Waals surface area (Å²) < 4.78 is 5.56. The van der Waals surface area contributed by atoms with Crippen molar-refractivity contribution < 1.29 is 4.74 Å². The SMILES string of the molecule is CCNC(=NCC1CC1)NCCOc1cccnc1. The maximum Gasteiger partial charge on any atom is 0.191 e. The lowest BCUT2D eigenvalue weighted by molar-refractivity contribution is 0.320. The second kappa shape index (κ2) is 7.61. The molecule has 1 fully saturated rings. The number of ether oxygens (including phenoxy) is 1. The van der Waals surface area contributed by atoms with Crippen molar-refractivity contribution in [1.29, 1.82) is 0 Å². The molecule has 0 saturated heterocycles. The summed E-state index contributed by atoms with van der Waals surface area (Å²) in [5.41, 5.74) is 0. The van der Waals surface area contributed by atoms with Gasteiger partial charge in [-0.3, -0.25) is 9.98 Å². The number of hydrogen-bond donors (Lipinski definition) is 2. The fourth-order valence-electron chi connectivity index (χ4n) is 1.63. The minimum absolute atomic E-state index is 0.597. The molecule has 1 saturated carbocycles. The van der Waals surface area contributed by atoms with Crippen LogP contribution in [0, 0.1) is 5.92 Å². The van der Waals surface area contributed by atoms with Gasteiger partial charge in [0.1, 0.15) is 12.4 Å². The van der Waals surface area contributed by atoms with E-state index in [2.05, 4.69) is 27.5 Å². The summed E-state index contributed by atoms with van der Waals surface area (Å²) in [4.78, 5) is 8.55. The van der Waals surface area contributed by atoms with Crippen molar-refractivity contribution in [3.05, 3.63) is 24.5 Å². The molecule has 5 heteroatoms. The first-order valence-corrected chi connectivity index (χ1v) is 6.93. The van der Waals surface area contributed by atoms with Crippen LogP contribution in [0.2, 0.25) is 0 Å². The summed E-state index contributed by atoms with van der Waals surface area (Å²) >= 11 is 0. The van der Waals surface area contributed by atoms with E-state index in [0.29, 0.717) is 6.61 Å². The van der Waals surface area contributed by atoms with Gasteiger partial charge < -0.3 is 15.4 Å². The van der Waals surface area contributed by atoms with Crippen molar-refractivity contribution in [2.75, 3.05) is 26.2 Å². The molecule has 104 valence electrons. The van der Waals surface area contributed by atoms with Crippen molar-refractivity contribution in [2.24, 2.45) is 10.9 Å². The van der Waals surface area contributed by atoms with Crippen LogP contribution in [0.5, 0.6) is 5.75 Å². The Balaban J connectivity index is 1.65. The molecule has 0 unspecified atom stereocenters. The third-order valence-electron chi connectivity index (χ3n) is 2.85. The molecule has 1 heterocycles. The zero-order valence-corrected chi connectivity index (χ0v) is 11.4. The van der Waals surface area contributed by atoms with Crippen LogP contribution in [0.3, 0.4) is 0 Å². The van der Waals surface area contributed by atoms with Gasteiger partial charge in [0.25, 0.3) is 0 Å². The average Bonchev–Trinajstić information content (AvgIpc) is 3.26. The predicted molar refractivity (Wildman–Crippen MR) is 76.4 cm³/mol. The van der Waals surface area contributed by atoms with Crippen LogP contribution in [-0.2, 0) is 0 Å². The number of aromatic nitrogens is 1. The molecule has 0 radical (unpaired) electrons. The molecule has 1 aliphatic rings. The van der Waals surface area contributed by atoms with Crippen LogP contribution in [0.15, 0.2) is 29.5 Å². The van der Waals surface area contributed by atoms with Gasteiger partial charge in [-0.05, 0) is 37.8 Å². The Kier molecular flexibility index (Phi) is 5.47. The minimum atomic E-state index is 0.597. The molecule has 5 nitrogen and oxygen atoms in total. The van der Waals surface area contributed by atoms with Gasteiger partial charge in [-0.25, -0.2) is 0 Å². The van der Waals surface area contributed by atoms with Crippen molar-refractivity contribution in [3.8, 4) is 5.75 Å². The van der Waals surface area contributed by atoms with E-state index in [4.69, 9.17) is 4.74 Å². The highest BCUT2D eigenvalue weighted by molar-refractivity contribution is 5.79. The first-order valence-electron chi connectivity index (χ1n) is 6.93. The Morgan fingerprint density at radius 2 is 2.37 bits per heavy atom. The molecule has 0 aromatic carbocycles. The van der Waals surface area contributed by atoms with Gasteiger partial charge >= 0.3 is 0 Å². The second-order valence-electron chi connectivity index (χ2n) is 4.63. The van der Waals surface area contributed by atoms with Gasteiger partial charge in [0.05, 0.1) is 12.7 Å². The van der Waals surface area contributed by atoms with Crippen molar-refractivity contribution in [3.63, 3.8) is 0 Å². The Morgan fingerprint density at radius 3 is 3.05 bits per heavy atom. The van der Waals surface area contributed by atoms with E-state index < -0.39 is 0 Å². The summed E-state index contributed by atoms with van der Waals surface area (Å²) in [6, 6.07) is 3.77. The predicted octanol–water partition coefficient (Wildman–Crippen LogP) is 1.43. The largest absolute Gasteiger partial charge is 0.490 e. The number of pyridine rings is 1. The Labute approximate surface area is 114 Å². The number of nitrogens with zero attached hydrogens (tertiary/aromatic N) is 2. The van der Waals surface area contributed by atoms with Gasteiger partial charge in [0.15, 0.2) is 5.96 Å². The molecule has 0 amide bonds. The van der Waals surface area contributed by atoms with Crippen molar-refractivity contribution in [1.82, 2.24) is 15.6 Å². The normalized spacial score (nSPS) is 15.1. The summed E-state index contributed by atoms with van der Waals surface area (Å²) in [6.45, 7) is 5.20. The molecule has 0 atom stereocenters. The quantitative estimate of drug-likeness (QED) is 0.443. The molecular formula is C14H22N4O. The maximum atomic E-state index is 5.56. The van der Waals surface area contributed by atoms with E-state index >= 15 is 0 Å². The Hall–Kier alpha value is -1.78. The van der Waals surface area contributed by atoms with E-state index in [9.17, 15) is 0 Å². The van der Waals surface area contributed by atoms with E-state index in [1.54, 1.807) is 12.4 Å². The van der Waals surface area contributed by atoms with E-state index in [-0.39, 0.29) is 0 Å². The lowest BCUT2D eigenvalue weighted by Crippen LogP contribution is -2.39. The molecule has 2 N–H and O–H groups in total. The van der Waals surface area contributed by atoms with Crippen molar-refractivity contribution in [2.45, 2.75) is 19.8 Å². The molecule has 2 rings (SSSR count). The van der Waals surface area contributed by atoms with Gasteiger partial charge in [0.2, 0.25) is 0 Å². The number of aliphatic imine (C=N–C) groups is 1. The molecule has 0 aliphatic heterocycles. The molecule has 1 aromatic heterocycles. The van der Waals surface area contributed by atoms with Crippen LogP contribution < -0.4 is 15.4 Å². The first kappa shape index (κ1) is 13.6. The Bertz CT molecular complexity index is 390. The number of nitrogens with one attached hydrogen (secondary N) is 2. The smallest absolute Gasteiger partial charge is 0.191 e. The standard InChI is InChI=1S/C14H22N4O/c1-2-16-14(18-10-12-5-6-12)17-8-9-19-13-4-3-7-15-11-13/h3-4,7,11-12H,2,5-6,8-10H2,1H3,(H2,16,17,18). The summed E-state index contributed by atoms with van der Waals surface area (Å²) in [5.74, 6) is 2.48. The van der Waals surface area contributed by atoms with Gasteiger partial charge in [-0.2, -0.15) is 0 Å². The van der Waals surface area contributed by atoms with E-state index in [1.807, 2.05) is 12.1 Å². The van der Waals surface area contributed by atoms with Crippen LogP contribution >= 0.6 is 0 Å². The topological polar surface area (TPSA) is 58.5 Å². The molecule has 19 heavy (non-hydrogen) atoms. The van der Waals surface area contributed by atoms with E-state index in [0.717, 1.165) is 37.3 Å². The summed E-state index contributed by atoms with van der Waals surface area (Å²) in [6.07, 6.45) is 6.10. The fraction of sp³-hybridized carbons (Fsp3) is 0.571. The second-order valence-corrected chi connectivity index (χ2v) is 4.63. The molecule has 1 aromatic rings. The van der Waals surface area contributed by atoms with E-state index in [1.165, 1.54) is 12.8 Å². The third kappa shape index (κ3) is 5.59. The van der Waals surface area contributed by atoms with Gasteiger partial charge in [-0.1, -0.05) is 0 Å².